The fraction of sp³-hybridized carbons (Fsp3) is 0. The van der Waals surface area contributed by atoms with Gasteiger partial charge in [-0.15, -0.1) is 0 Å². The Balaban J connectivity index is 0.000000180. The van der Waals surface area contributed by atoms with Crippen LogP contribution in [0.2, 0.25) is 0 Å². The first-order valence-corrected chi connectivity index (χ1v) is 6.59. The molecule has 2 rings (SSSR count). The Kier molecular flexibility index (Phi) is 6.05. The molecule has 0 atom stereocenters. The highest BCUT2D eigenvalue weighted by molar-refractivity contribution is 14.1. The topological polar surface area (TPSA) is 51.8 Å². The first-order valence-electron chi connectivity index (χ1n) is 4.43. The summed E-state index contributed by atoms with van der Waals surface area (Å²) in [6.45, 7) is 0. The van der Waals surface area contributed by atoms with Crippen LogP contribution < -0.4 is 5.73 Å². The van der Waals surface area contributed by atoms with Gasteiger partial charge in [-0.05, 0) is 51.2 Å². The number of nitrogens with two attached hydrogens (primary N) is 1. The summed E-state index contributed by atoms with van der Waals surface area (Å²) in [5.41, 5.74) is 5.24. The van der Waals surface area contributed by atoms with Crippen molar-refractivity contribution in [3.05, 3.63) is 49.2 Å². The monoisotopic (exact) mass is 479 g/mol. The smallest absolute Gasteiger partial charge is 0.214 e. The zero-order valence-corrected chi connectivity index (χ0v) is 13.0. The van der Waals surface area contributed by atoms with Crippen LogP contribution in [0.15, 0.2) is 24.5 Å². The predicted octanol–water partition coefficient (Wildman–Crippen LogP) is 3.37. The zero-order chi connectivity index (χ0) is 13.7. The van der Waals surface area contributed by atoms with Gasteiger partial charge in [0.1, 0.15) is 5.82 Å². The molecule has 0 saturated heterocycles. The molecular formula is C10H6F3I2N3. The number of hydrogen-bond acceptors (Lipinski definition) is 3. The minimum Gasteiger partial charge on any atom is -0.384 e. The summed E-state index contributed by atoms with van der Waals surface area (Å²) >= 11 is 3.55. The average Bonchev–Trinajstić information content (AvgIpc) is 2.30. The van der Waals surface area contributed by atoms with Crippen LogP contribution in [-0.4, -0.2) is 9.97 Å². The summed E-state index contributed by atoms with van der Waals surface area (Å²) < 4.78 is 37.5. The largest absolute Gasteiger partial charge is 0.384 e. The van der Waals surface area contributed by atoms with Gasteiger partial charge in [0.2, 0.25) is 5.95 Å². The molecule has 2 heterocycles. The number of hydrogen-bond donors (Lipinski definition) is 1. The van der Waals surface area contributed by atoms with Gasteiger partial charge in [-0.1, -0.05) is 0 Å². The van der Waals surface area contributed by atoms with E-state index in [1.807, 2.05) is 22.6 Å². The summed E-state index contributed by atoms with van der Waals surface area (Å²) in [6, 6.07) is 2.52. The van der Waals surface area contributed by atoms with Crippen LogP contribution in [0.1, 0.15) is 0 Å². The fourth-order valence-corrected chi connectivity index (χ4v) is 1.67. The molecule has 0 spiro atoms. The van der Waals surface area contributed by atoms with Crippen molar-refractivity contribution >= 4 is 51.0 Å². The minimum atomic E-state index is -0.652. The van der Waals surface area contributed by atoms with Crippen molar-refractivity contribution in [1.29, 1.82) is 0 Å². The first-order chi connectivity index (χ1) is 8.40. The third-order valence-corrected chi connectivity index (χ3v) is 3.26. The Morgan fingerprint density at radius 3 is 1.78 bits per heavy atom. The lowest BCUT2D eigenvalue weighted by atomic mass is 10.4. The van der Waals surface area contributed by atoms with Gasteiger partial charge in [-0.25, -0.2) is 18.7 Å². The standard InChI is InChI=1S/C5H2F2IN.C5H4FIN2/c6-3-2-9-5(7)1-4(3)8;6-3-2-9-5(8)1-4(3)7/h1-2H;1-2H,(H2,8,9). The van der Waals surface area contributed by atoms with Gasteiger partial charge in [0, 0.05) is 6.07 Å². The van der Waals surface area contributed by atoms with Crippen LogP contribution in [0.3, 0.4) is 0 Å². The van der Waals surface area contributed by atoms with Crippen molar-refractivity contribution in [3.63, 3.8) is 0 Å². The molecule has 0 saturated carbocycles. The summed E-state index contributed by atoms with van der Waals surface area (Å²) in [5, 5.41) is 0. The van der Waals surface area contributed by atoms with E-state index < -0.39 is 11.8 Å². The van der Waals surface area contributed by atoms with Crippen LogP contribution in [0.4, 0.5) is 19.0 Å². The molecule has 0 aliphatic carbocycles. The van der Waals surface area contributed by atoms with Gasteiger partial charge in [-0.2, -0.15) is 4.39 Å². The van der Waals surface area contributed by atoms with E-state index in [0.717, 1.165) is 18.5 Å². The molecule has 0 aliphatic rings. The second kappa shape index (κ2) is 7.07. The van der Waals surface area contributed by atoms with Crippen molar-refractivity contribution in [2.24, 2.45) is 0 Å². The molecule has 0 unspecified atom stereocenters. The highest BCUT2D eigenvalue weighted by Gasteiger charge is 1.98. The lowest BCUT2D eigenvalue weighted by Gasteiger charge is -1.92. The third-order valence-electron chi connectivity index (χ3n) is 1.60. The Hall–Kier alpha value is -0.650. The number of rotatable bonds is 0. The molecule has 0 aromatic carbocycles. The maximum absolute atomic E-state index is 12.4. The minimum absolute atomic E-state index is 0.250. The van der Waals surface area contributed by atoms with E-state index in [4.69, 9.17) is 5.73 Å². The number of anilines is 1. The highest BCUT2D eigenvalue weighted by Crippen LogP contribution is 2.10. The van der Waals surface area contributed by atoms with Gasteiger partial charge in [0.25, 0.3) is 0 Å². The van der Waals surface area contributed by atoms with Gasteiger partial charge in [-0.3, -0.25) is 0 Å². The van der Waals surface area contributed by atoms with Crippen LogP contribution in [0.25, 0.3) is 0 Å². The van der Waals surface area contributed by atoms with E-state index in [9.17, 15) is 13.2 Å². The molecule has 0 amide bonds. The van der Waals surface area contributed by atoms with E-state index >= 15 is 0 Å². The van der Waals surface area contributed by atoms with E-state index in [1.54, 1.807) is 22.6 Å². The average molecular weight is 479 g/mol. The molecule has 2 aromatic rings. The van der Waals surface area contributed by atoms with E-state index in [2.05, 4.69) is 9.97 Å². The van der Waals surface area contributed by atoms with Crippen molar-refractivity contribution in [2.45, 2.75) is 0 Å². The Morgan fingerprint density at radius 1 is 0.889 bits per heavy atom. The number of nitrogen functional groups attached to an aromatic ring is 1. The van der Waals surface area contributed by atoms with Crippen molar-refractivity contribution in [2.75, 3.05) is 5.73 Å². The van der Waals surface area contributed by atoms with Crippen LogP contribution in [0.5, 0.6) is 0 Å². The molecule has 2 N–H and O–H groups in total. The molecule has 0 fully saturated rings. The number of pyridine rings is 2. The lowest BCUT2D eigenvalue weighted by Crippen LogP contribution is -1.91. The predicted molar refractivity (Wildman–Crippen MR) is 78.2 cm³/mol. The van der Waals surface area contributed by atoms with E-state index in [1.165, 1.54) is 6.07 Å². The Bertz CT molecular complexity index is 502. The van der Waals surface area contributed by atoms with Gasteiger partial charge in [0.05, 0.1) is 19.5 Å². The van der Waals surface area contributed by atoms with Crippen LogP contribution in [0, 0.1) is 24.7 Å². The van der Waals surface area contributed by atoms with Gasteiger partial charge >= 0.3 is 0 Å². The Morgan fingerprint density at radius 2 is 1.39 bits per heavy atom. The normalized spacial score (nSPS) is 9.61. The van der Waals surface area contributed by atoms with E-state index in [0.29, 0.717) is 9.39 Å². The van der Waals surface area contributed by atoms with Gasteiger partial charge in [0.15, 0.2) is 11.6 Å². The second-order valence-electron chi connectivity index (χ2n) is 2.94. The second-order valence-corrected chi connectivity index (χ2v) is 5.27. The summed E-state index contributed by atoms with van der Waals surface area (Å²) in [6.07, 6.45) is 1.97. The molecule has 0 bridgehead atoms. The van der Waals surface area contributed by atoms with Crippen molar-refractivity contribution < 1.29 is 13.2 Å². The van der Waals surface area contributed by atoms with Gasteiger partial charge < -0.3 is 5.73 Å². The molecular weight excluding hydrogens is 473 g/mol. The van der Waals surface area contributed by atoms with Crippen molar-refractivity contribution in [1.82, 2.24) is 9.97 Å². The fourth-order valence-electron chi connectivity index (χ4n) is 0.820. The zero-order valence-electron chi connectivity index (χ0n) is 8.67. The molecule has 3 nitrogen and oxygen atoms in total. The van der Waals surface area contributed by atoms with Crippen LogP contribution >= 0.6 is 45.2 Å². The number of nitrogens with zero attached hydrogens (tertiary/aromatic N) is 2. The summed E-state index contributed by atoms with van der Waals surface area (Å²) in [4.78, 5) is 6.63. The van der Waals surface area contributed by atoms with E-state index in [-0.39, 0.29) is 9.39 Å². The maximum atomic E-state index is 12.4. The SMILES string of the molecule is Fc1cc(I)c(F)cn1.Nc1cc(I)c(F)cn1. The van der Waals surface area contributed by atoms with Crippen LogP contribution in [-0.2, 0) is 0 Å². The number of halogens is 5. The third kappa shape index (κ3) is 4.92. The summed E-state index contributed by atoms with van der Waals surface area (Å²) in [7, 11) is 0. The summed E-state index contributed by atoms with van der Waals surface area (Å²) in [5.74, 6) is -1.12. The molecule has 96 valence electrons. The maximum Gasteiger partial charge on any atom is 0.214 e. The molecule has 0 aliphatic heterocycles. The molecule has 2 aromatic heterocycles. The number of aromatic nitrogens is 2. The highest BCUT2D eigenvalue weighted by atomic mass is 127. The first kappa shape index (κ1) is 15.4. The van der Waals surface area contributed by atoms with Crippen molar-refractivity contribution in [3.8, 4) is 0 Å². The molecule has 0 radical (unpaired) electrons. The molecule has 8 heteroatoms. The Labute approximate surface area is 128 Å². The quantitative estimate of drug-likeness (QED) is 0.466. The molecule has 18 heavy (non-hydrogen) atoms. The lowest BCUT2D eigenvalue weighted by molar-refractivity contribution is 0.555.